The Morgan fingerprint density at radius 3 is 2.85 bits per heavy atom. The van der Waals surface area contributed by atoms with Crippen molar-refractivity contribution in [2.75, 3.05) is 31.6 Å². The van der Waals surface area contributed by atoms with Crippen molar-refractivity contribution < 1.29 is 9.53 Å². The van der Waals surface area contributed by atoms with Gasteiger partial charge in [0.25, 0.3) is 0 Å². The molecule has 2 aliphatic rings. The second kappa shape index (κ2) is 6.27. The highest BCUT2D eigenvalue weighted by Crippen LogP contribution is 2.30. The Kier molecular flexibility index (Phi) is 4.21. The van der Waals surface area contributed by atoms with E-state index in [1.165, 1.54) is 32.4 Å². The molecule has 20 heavy (non-hydrogen) atoms. The fourth-order valence-electron chi connectivity index (χ4n) is 2.99. The van der Waals surface area contributed by atoms with Crippen molar-refractivity contribution in [2.24, 2.45) is 0 Å². The predicted octanol–water partition coefficient (Wildman–Crippen LogP) is 2.44. The quantitative estimate of drug-likeness (QED) is 0.917. The Morgan fingerprint density at radius 1 is 1.15 bits per heavy atom. The first-order valence-corrected chi connectivity index (χ1v) is 7.60. The van der Waals surface area contributed by atoms with Gasteiger partial charge in [0.15, 0.2) is 0 Å². The normalized spacial score (nSPS) is 19.3. The van der Waals surface area contributed by atoms with Crippen LogP contribution in [0.25, 0.3) is 0 Å². The molecule has 108 valence electrons. The summed E-state index contributed by atoms with van der Waals surface area (Å²) in [6, 6.07) is 5.90. The topological polar surface area (TPSA) is 41.6 Å². The Morgan fingerprint density at radius 2 is 2.00 bits per heavy atom. The van der Waals surface area contributed by atoms with Gasteiger partial charge in [-0.3, -0.25) is 9.69 Å². The standard InChI is InChI=1S/C16H22N2O2/c19-16-8-7-13-14(17-16)5-4-6-15(13)20-12-11-18-9-2-1-3-10-18/h4-6H,1-3,7-12H2,(H,17,19). The molecular weight excluding hydrogens is 252 g/mol. The lowest BCUT2D eigenvalue weighted by molar-refractivity contribution is -0.116. The highest BCUT2D eigenvalue weighted by Gasteiger charge is 2.18. The highest BCUT2D eigenvalue weighted by atomic mass is 16.5. The molecule has 3 rings (SSSR count). The van der Waals surface area contributed by atoms with E-state index < -0.39 is 0 Å². The molecule has 4 nitrogen and oxygen atoms in total. The molecule has 1 amide bonds. The van der Waals surface area contributed by atoms with Crippen molar-refractivity contribution in [2.45, 2.75) is 32.1 Å². The van der Waals surface area contributed by atoms with Crippen molar-refractivity contribution in [3.05, 3.63) is 23.8 Å². The minimum absolute atomic E-state index is 0.1000. The molecule has 0 atom stereocenters. The summed E-state index contributed by atoms with van der Waals surface area (Å²) in [5.74, 6) is 1.03. The Hall–Kier alpha value is -1.55. The number of amides is 1. The second-order valence-corrected chi connectivity index (χ2v) is 5.58. The molecular formula is C16H22N2O2. The number of benzene rings is 1. The van der Waals surface area contributed by atoms with E-state index in [0.29, 0.717) is 6.42 Å². The van der Waals surface area contributed by atoms with E-state index in [9.17, 15) is 4.79 Å². The van der Waals surface area contributed by atoms with E-state index >= 15 is 0 Å². The SMILES string of the molecule is O=C1CCc2c(cccc2OCCN2CCCCC2)N1. The van der Waals surface area contributed by atoms with Gasteiger partial charge >= 0.3 is 0 Å². The number of anilines is 1. The van der Waals surface area contributed by atoms with Crippen LogP contribution in [0, 0.1) is 0 Å². The van der Waals surface area contributed by atoms with Gasteiger partial charge in [-0.15, -0.1) is 0 Å². The van der Waals surface area contributed by atoms with Crippen molar-refractivity contribution in [3.8, 4) is 5.75 Å². The van der Waals surface area contributed by atoms with Crippen LogP contribution in [0.4, 0.5) is 5.69 Å². The maximum Gasteiger partial charge on any atom is 0.224 e. The summed E-state index contributed by atoms with van der Waals surface area (Å²) in [7, 11) is 0. The lowest BCUT2D eigenvalue weighted by Gasteiger charge is -2.26. The van der Waals surface area contributed by atoms with Crippen LogP contribution in [0.15, 0.2) is 18.2 Å². The van der Waals surface area contributed by atoms with Crippen LogP contribution in [0.3, 0.4) is 0 Å². The molecule has 0 saturated carbocycles. The monoisotopic (exact) mass is 274 g/mol. The number of ether oxygens (including phenoxy) is 1. The number of likely N-dealkylation sites (tertiary alicyclic amines) is 1. The van der Waals surface area contributed by atoms with Crippen LogP contribution in [-0.2, 0) is 11.2 Å². The zero-order chi connectivity index (χ0) is 13.8. The molecule has 1 aromatic rings. The van der Waals surface area contributed by atoms with Gasteiger partial charge in [0.2, 0.25) is 5.91 Å². The van der Waals surface area contributed by atoms with Gasteiger partial charge < -0.3 is 10.1 Å². The van der Waals surface area contributed by atoms with Crippen molar-refractivity contribution in [1.29, 1.82) is 0 Å². The number of nitrogens with zero attached hydrogens (tertiary/aromatic N) is 1. The fraction of sp³-hybridized carbons (Fsp3) is 0.562. The van der Waals surface area contributed by atoms with E-state index in [0.717, 1.165) is 36.6 Å². The Labute approximate surface area is 120 Å². The van der Waals surface area contributed by atoms with Gasteiger partial charge in [0.05, 0.1) is 0 Å². The van der Waals surface area contributed by atoms with Crippen LogP contribution < -0.4 is 10.1 Å². The van der Waals surface area contributed by atoms with E-state index in [2.05, 4.69) is 10.2 Å². The fourth-order valence-corrected chi connectivity index (χ4v) is 2.99. The summed E-state index contributed by atoms with van der Waals surface area (Å²) in [4.78, 5) is 13.9. The summed E-state index contributed by atoms with van der Waals surface area (Å²) in [6.07, 6.45) is 5.32. The first-order valence-electron chi connectivity index (χ1n) is 7.60. The maximum atomic E-state index is 11.4. The molecule has 2 heterocycles. The number of hydrogen-bond acceptors (Lipinski definition) is 3. The van der Waals surface area contributed by atoms with Crippen molar-refractivity contribution in [3.63, 3.8) is 0 Å². The first-order chi connectivity index (χ1) is 9.83. The Balaban J connectivity index is 1.57. The summed E-state index contributed by atoms with van der Waals surface area (Å²) < 4.78 is 5.95. The average molecular weight is 274 g/mol. The summed E-state index contributed by atoms with van der Waals surface area (Å²) in [5.41, 5.74) is 2.06. The number of nitrogens with one attached hydrogen (secondary N) is 1. The largest absolute Gasteiger partial charge is 0.492 e. The van der Waals surface area contributed by atoms with Crippen LogP contribution in [0.2, 0.25) is 0 Å². The first kappa shape index (κ1) is 13.4. The number of carbonyl (C=O) groups is 1. The van der Waals surface area contributed by atoms with E-state index in [1.54, 1.807) is 0 Å². The molecule has 0 bridgehead atoms. The molecule has 0 spiro atoms. The molecule has 1 fully saturated rings. The lowest BCUT2D eigenvalue weighted by Crippen LogP contribution is -2.33. The number of piperidine rings is 1. The van der Waals surface area contributed by atoms with E-state index in [-0.39, 0.29) is 5.91 Å². The lowest BCUT2D eigenvalue weighted by atomic mass is 10.0. The molecule has 0 aromatic heterocycles. The Bertz CT molecular complexity index is 481. The third-order valence-corrected chi connectivity index (χ3v) is 4.12. The zero-order valence-electron chi connectivity index (χ0n) is 11.9. The number of rotatable bonds is 4. The second-order valence-electron chi connectivity index (χ2n) is 5.58. The van der Waals surface area contributed by atoms with Gasteiger partial charge in [-0.2, -0.15) is 0 Å². The van der Waals surface area contributed by atoms with Gasteiger partial charge in [-0.25, -0.2) is 0 Å². The molecule has 0 radical (unpaired) electrons. The van der Waals surface area contributed by atoms with Crippen LogP contribution in [0.5, 0.6) is 5.75 Å². The van der Waals surface area contributed by atoms with Gasteiger partial charge in [0.1, 0.15) is 12.4 Å². The molecule has 0 unspecified atom stereocenters. The van der Waals surface area contributed by atoms with Crippen molar-refractivity contribution >= 4 is 11.6 Å². The van der Waals surface area contributed by atoms with Gasteiger partial charge in [0, 0.05) is 24.2 Å². The highest BCUT2D eigenvalue weighted by molar-refractivity contribution is 5.94. The maximum absolute atomic E-state index is 11.4. The van der Waals surface area contributed by atoms with Gasteiger partial charge in [-0.05, 0) is 44.5 Å². The molecule has 1 aromatic carbocycles. The number of hydrogen-bond donors (Lipinski definition) is 1. The van der Waals surface area contributed by atoms with Crippen molar-refractivity contribution in [1.82, 2.24) is 4.90 Å². The van der Waals surface area contributed by atoms with Crippen LogP contribution in [-0.4, -0.2) is 37.0 Å². The molecule has 1 N–H and O–H groups in total. The minimum atomic E-state index is 0.1000. The molecule has 1 saturated heterocycles. The third-order valence-electron chi connectivity index (χ3n) is 4.12. The number of fused-ring (bicyclic) bond motifs is 1. The average Bonchev–Trinajstić information content (AvgIpc) is 2.48. The number of carbonyl (C=O) groups excluding carboxylic acids is 1. The molecule has 0 aliphatic carbocycles. The smallest absolute Gasteiger partial charge is 0.224 e. The molecule has 4 heteroatoms. The van der Waals surface area contributed by atoms with Gasteiger partial charge in [-0.1, -0.05) is 12.5 Å². The minimum Gasteiger partial charge on any atom is -0.492 e. The summed E-state index contributed by atoms with van der Waals surface area (Å²) in [6.45, 7) is 4.12. The molecule has 2 aliphatic heterocycles. The summed E-state index contributed by atoms with van der Waals surface area (Å²) in [5, 5.41) is 2.91. The van der Waals surface area contributed by atoms with E-state index in [1.807, 2.05) is 18.2 Å². The zero-order valence-corrected chi connectivity index (χ0v) is 11.9. The summed E-state index contributed by atoms with van der Waals surface area (Å²) >= 11 is 0. The van der Waals surface area contributed by atoms with E-state index in [4.69, 9.17) is 4.74 Å². The third kappa shape index (κ3) is 3.12. The predicted molar refractivity (Wildman–Crippen MR) is 79.2 cm³/mol. The van der Waals surface area contributed by atoms with Crippen LogP contribution >= 0.6 is 0 Å². The van der Waals surface area contributed by atoms with Crippen LogP contribution in [0.1, 0.15) is 31.2 Å².